The van der Waals surface area contributed by atoms with Crippen molar-refractivity contribution in [2.75, 3.05) is 119 Å². The molecule has 0 aromatic heterocycles. The number of hydrogen-bond acceptors (Lipinski definition) is 13. The van der Waals surface area contributed by atoms with Crippen molar-refractivity contribution in [2.45, 2.75) is 0 Å². The summed E-state index contributed by atoms with van der Waals surface area (Å²) < 4.78 is 31.5. The summed E-state index contributed by atoms with van der Waals surface area (Å²) in [6.07, 6.45) is -1.39. The standard InChI is InChI=1S/C21H44N6O10/c22-1-4-32-7-10-35-12-9-34-6-3-25-20(29)17-27(26-21(30)31)16-19(28)15-24-18-37-14-13-36-11-8-33-5-2-23/h24,26H,1-18,22-23H2,(H,25,29)(H,30,31). The van der Waals surface area contributed by atoms with Crippen LogP contribution in [-0.4, -0.2) is 147 Å². The molecule has 0 fully saturated rings. The van der Waals surface area contributed by atoms with Gasteiger partial charge < -0.3 is 50.3 Å². The van der Waals surface area contributed by atoms with E-state index in [0.717, 1.165) is 5.01 Å². The van der Waals surface area contributed by atoms with Gasteiger partial charge in [0.05, 0.1) is 99.0 Å². The zero-order valence-electron chi connectivity index (χ0n) is 21.5. The van der Waals surface area contributed by atoms with E-state index >= 15 is 0 Å². The van der Waals surface area contributed by atoms with E-state index in [9.17, 15) is 14.4 Å². The van der Waals surface area contributed by atoms with Gasteiger partial charge in [-0.2, -0.15) is 0 Å². The van der Waals surface area contributed by atoms with E-state index in [2.05, 4.69) is 10.6 Å². The fraction of sp³-hybridized carbons (Fsp3) is 0.857. The Kier molecular flexibility index (Phi) is 25.6. The SMILES string of the molecule is NCCOCCOCCOCCNC(=O)CN(CC(=O)CNCOCCOCCOCCN)NC(=O)O. The number of nitrogens with one attached hydrogen (secondary N) is 3. The van der Waals surface area contributed by atoms with Crippen LogP contribution in [0, 0.1) is 0 Å². The molecule has 0 aliphatic heterocycles. The van der Waals surface area contributed by atoms with Crippen molar-refractivity contribution in [3.05, 3.63) is 0 Å². The third kappa shape index (κ3) is 26.9. The van der Waals surface area contributed by atoms with Crippen molar-refractivity contribution in [1.29, 1.82) is 0 Å². The second-order valence-corrected chi connectivity index (χ2v) is 7.28. The number of amides is 2. The highest BCUT2D eigenvalue weighted by Gasteiger charge is 2.16. The fourth-order valence-electron chi connectivity index (χ4n) is 2.51. The van der Waals surface area contributed by atoms with Crippen LogP contribution in [0.5, 0.6) is 0 Å². The predicted molar refractivity (Wildman–Crippen MR) is 132 cm³/mol. The summed E-state index contributed by atoms with van der Waals surface area (Å²) in [4.78, 5) is 35.2. The normalized spacial score (nSPS) is 11.1. The van der Waals surface area contributed by atoms with E-state index in [4.69, 9.17) is 45.0 Å². The van der Waals surface area contributed by atoms with E-state index in [1.165, 1.54) is 0 Å². The zero-order valence-corrected chi connectivity index (χ0v) is 21.5. The summed E-state index contributed by atoms with van der Waals surface area (Å²) in [6, 6.07) is 0. The highest BCUT2D eigenvalue weighted by atomic mass is 16.5. The molecular weight excluding hydrogens is 496 g/mol. The number of hydrogen-bond donors (Lipinski definition) is 6. The number of Topliss-reactive ketones (excluding diaryl/α,β-unsaturated/α-hetero) is 1. The molecule has 0 spiro atoms. The number of ether oxygens (including phenoxy) is 6. The fourth-order valence-corrected chi connectivity index (χ4v) is 2.51. The number of ketones is 1. The lowest BCUT2D eigenvalue weighted by Crippen LogP contribution is -2.50. The molecule has 0 unspecified atom stereocenters. The number of nitrogens with two attached hydrogens (primary N) is 2. The zero-order chi connectivity index (χ0) is 27.4. The van der Waals surface area contributed by atoms with Crippen LogP contribution in [0.4, 0.5) is 4.79 Å². The van der Waals surface area contributed by atoms with Gasteiger partial charge in [0.1, 0.15) is 0 Å². The Labute approximate surface area is 217 Å². The second kappa shape index (κ2) is 27.1. The van der Waals surface area contributed by atoms with E-state index in [1.807, 2.05) is 5.43 Å². The molecule has 0 aromatic rings. The van der Waals surface area contributed by atoms with Gasteiger partial charge in [0.15, 0.2) is 5.78 Å². The first-order valence-corrected chi connectivity index (χ1v) is 12.1. The Morgan fingerprint density at radius 1 is 0.676 bits per heavy atom. The number of hydrazine groups is 1. The van der Waals surface area contributed by atoms with E-state index in [1.54, 1.807) is 0 Å². The van der Waals surface area contributed by atoms with Crippen molar-refractivity contribution in [3.8, 4) is 0 Å². The number of rotatable bonds is 28. The summed E-state index contributed by atoms with van der Waals surface area (Å²) in [5.74, 6) is -0.807. The first-order valence-electron chi connectivity index (χ1n) is 12.1. The molecule has 0 saturated carbocycles. The van der Waals surface area contributed by atoms with Crippen molar-refractivity contribution >= 4 is 17.8 Å². The van der Waals surface area contributed by atoms with Crippen LogP contribution < -0.4 is 27.5 Å². The van der Waals surface area contributed by atoms with Gasteiger partial charge in [0.25, 0.3) is 0 Å². The van der Waals surface area contributed by atoms with Gasteiger partial charge in [0, 0.05) is 19.6 Å². The van der Waals surface area contributed by atoms with Crippen molar-refractivity contribution in [2.24, 2.45) is 11.5 Å². The molecule has 8 N–H and O–H groups in total. The third-order valence-electron chi connectivity index (χ3n) is 4.06. The number of carbonyl (C=O) groups is 3. The Morgan fingerprint density at radius 3 is 1.68 bits per heavy atom. The van der Waals surface area contributed by atoms with Crippen LogP contribution in [0.1, 0.15) is 0 Å². The molecule has 37 heavy (non-hydrogen) atoms. The summed E-state index contributed by atoms with van der Waals surface area (Å²) in [6.45, 7) is 5.00. The molecule has 2 amide bonds. The van der Waals surface area contributed by atoms with Crippen LogP contribution in [0.2, 0.25) is 0 Å². The minimum atomic E-state index is -1.39. The first kappa shape index (κ1) is 35.0. The summed E-state index contributed by atoms with van der Waals surface area (Å²) in [5, 5.41) is 15.3. The van der Waals surface area contributed by atoms with E-state index in [-0.39, 0.29) is 45.3 Å². The minimum absolute atomic E-state index is 0.0672. The van der Waals surface area contributed by atoms with Crippen molar-refractivity contribution < 1.29 is 47.9 Å². The van der Waals surface area contributed by atoms with Crippen molar-refractivity contribution in [1.82, 2.24) is 21.1 Å². The van der Waals surface area contributed by atoms with Gasteiger partial charge in [-0.25, -0.2) is 9.80 Å². The molecule has 0 atom stereocenters. The van der Waals surface area contributed by atoms with Crippen LogP contribution >= 0.6 is 0 Å². The maximum atomic E-state index is 12.1. The molecular formula is C21H44N6O10. The largest absolute Gasteiger partial charge is 0.464 e. The lowest BCUT2D eigenvalue weighted by Gasteiger charge is -2.20. The molecule has 218 valence electrons. The maximum absolute atomic E-state index is 12.1. The predicted octanol–water partition coefficient (Wildman–Crippen LogP) is -3.28. The average Bonchev–Trinajstić information content (AvgIpc) is 2.85. The molecule has 0 aromatic carbocycles. The Morgan fingerprint density at radius 2 is 1.16 bits per heavy atom. The monoisotopic (exact) mass is 540 g/mol. The maximum Gasteiger partial charge on any atom is 0.419 e. The molecule has 0 saturated heterocycles. The van der Waals surface area contributed by atoms with Crippen molar-refractivity contribution in [3.63, 3.8) is 0 Å². The molecule has 16 nitrogen and oxygen atoms in total. The Bertz CT molecular complexity index is 536. The molecule has 0 bridgehead atoms. The quantitative estimate of drug-likeness (QED) is 0.0326. The van der Waals surface area contributed by atoms with Crippen LogP contribution in [0.3, 0.4) is 0 Å². The highest BCUT2D eigenvalue weighted by Crippen LogP contribution is 1.87. The molecule has 0 radical (unpaired) electrons. The second-order valence-electron chi connectivity index (χ2n) is 7.28. The summed E-state index contributed by atoms with van der Waals surface area (Å²) in [5.41, 5.74) is 12.6. The molecule has 0 aliphatic rings. The summed E-state index contributed by atoms with van der Waals surface area (Å²) in [7, 11) is 0. The molecule has 0 aliphatic carbocycles. The van der Waals surface area contributed by atoms with E-state index < -0.39 is 12.0 Å². The molecule has 0 rings (SSSR count). The third-order valence-corrected chi connectivity index (χ3v) is 4.06. The van der Waals surface area contributed by atoms with Gasteiger partial charge in [-0.1, -0.05) is 0 Å². The van der Waals surface area contributed by atoms with Crippen LogP contribution in [-0.2, 0) is 38.0 Å². The molecule has 0 heterocycles. The van der Waals surface area contributed by atoms with E-state index in [0.29, 0.717) is 79.2 Å². The summed E-state index contributed by atoms with van der Waals surface area (Å²) >= 11 is 0. The van der Waals surface area contributed by atoms with Gasteiger partial charge >= 0.3 is 6.09 Å². The number of carbonyl (C=O) groups excluding carboxylic acids is 2. The highest BCUT2D eigenvalue weighted by molar-refractivity contribution is 5.84. The topological polar surface area (TPSA) is 218 Å². The Hall–Kier alpha value is -1.99. The van der Waals surface area contributed by atoms with Gasteiger partial charge in [-0.05, 0) is 0 Å². The van der Waals surface area contributed by atoms with Crippen LogP contribution in [0.15, 0.2) is 0 Å². The smallest absolute Gasteiger partial charge is 0.419 e. The van der Waals surface area contributed by atoms with Gasteiger partial charge in [0.2, 0.25) is 5.91 Å². The Balaban J connectivity index is 3.84. The van der Waals surface area contributed by atoms with Gasteiger partial charge in [-0.3, -0.25) is 20.3 Å². The van der Waals surface area contributed by atoms with Crippen LogP contribution in [0.25, 0.3) is 0 Å². The average molecular weight is 541 g/mol. The number of carboxylic acid groups (broad SMARTS) is 1. The molecule has 16 heteroatoms. The van der Waals surface area contributed by atoms with Gasteiger partial charge in [-0.15, -0.1) is 0 Å². The first-order chi connectivity index (χ1) is 18.0. The lowest BCUT2D eigenvalue weighted by molar-refractivity contribution is -0.125. The number of nitrogens with zero attached hydrogens (tertiary/aromatic N) is 1. The minimum Gasteiger partial charge on any atom is -0.464 e. The lowest BCUT2D eigenvalue weighted by atomic mass is 10.3.